The third kappa shape index (κ3) is 4.86. The maximum Gasteiger partial charge on any atom is 0.381 e. The Morgan fingerprint density at radius 3 is 1.96 bits per heavy atom. The number of halogens is 5. The fourth-order valence-corrected chi connectivity index (χ4v) is 1.11. The summed E-state index contributed by atoms with van der Waals surface area (Å²) in [6.45, 7) is 0.836. The van der Waals surface area contributed by atoms with E-state index in [1.165, 1.54) is 0 Å². The maximum absolute atomic E-state index is 13.7. The van der Waals surface area contributed by atoms with Gasteiger partial charge in [0.05, 0.1) is 0 Å². The summed E-state index contributed by atoms with van der Waals surface area (Å²) in [7, 11) is -6.26. The first-order valence-electron chi connectivity index (χ1n) is 5.42. The summed E-state index contributed by atoms with van der Waals surface area (Å²) in [4.78, 5) is 22.0. The number of rotatable bonds is 7. The molecular formula is C10H10F5O7S-. The van der Waals surface area contributed by atoms with Crippen molar-refractivity contribution in [1.29, 1.82) is 0 Å². The normalized spacial score (nSPS) is 13.4. The standard InChI is InChI=1S/C10H11F5O7S/c1-5(11)6(16)22-8(2,3)10(14,15)7(17)21-4-9(12,13)23(18,19)20/h1,4H2,2-3H3,(H,18,19,20)/p-1. The molecule has 0 aromatic heterocycles. The lowest BCUT2D eigenvalue weighted by Gasteiger charge is -2.31. The molecule has 13 heteroatoms. The van der Waals surface area contributed by atoms with Crippen LogP contribution in [0.3, 0.4) is 0 Å². The number of esters is 2. The maximum atomic E-state index is 13.7. The van der Waals surface area contributed by atoms with Crippen LogP contribution in [0.15, 0.2) is 12.4 Å². The summed E-state index contributed by atoms with van der Waals surface area (Å²) < 4.78 is 103. The van der Waals surface area contributed by atoms with E-state index in [-0.39, 0.29) is 0 Å². The number of hydrogen-bond donors (Lipinski definition) is 0. The second kappa shape index (κ2) is 6.39. The molecule has 0 amide bonds. The van der Waals surface area contributed by atoms with Crippen LogP contribution in [0.4, 0.5) is 22.0 Å². The van der Waals surface area contributed by atoms with Crippen LogP contribution in [0.5, 0.6) is 0 Å². The van der Waals surface area contributed by atoms with E-state index in [2.05, 4.69) is 16.1 Å². The third-order valence-electron chi connectivity index (χ3n) is 2.32. The Balaban J connectivity index is 5.17. The molecule has 0 aliphatic rings. The summed E-state index contributed by atoms with van der Waals surface area (Å²) >= 11 is 0. The Labute approximate surface area is 126 Å². The fourth-order valence-electron chi connectivity index (χ4n) is 0.909. The number of hydrogen-bond acceptors (Lipinski definition) is 7. The van der Waals surface area contributed by atoms with Gasteiger partial charge >= 0.3 is 23.1 Å². The van der Waals surface area contributed by atoms with Gasteiger partial charge < -0.3 is 14.0 Å². The van der Waals surface area contributed by atoms with Gasteiger partial charge in [-0.1, -0.05) is 6.58 Å². The van der Waals surface area contributed by atoms with Gasteiger partial charge in [0.15, 0.2) is 22.3 Å². The van der Waals surface area contributed by atoms with Crippen LogP contribution in [0.25, 0.3) is 0 Å². The van der Waals surface area contributed by atoms with E-state index >= 15 is 0 Å². The smallest absolute Gasteiger partial charge is 0.381 e. The molecule has 0 fully saturated rings. The van der Waals surface area contributed by atoms with Crippen LogP contribution in [-0.2, 0) is 29.2 Å². The van der Waals surface area contributed by atoms with E-state index < -0.39 is 51.3 Å². The first kappa shape index (κ1) is 21.2. The molecule has 0 spiro atoms. The molecule has 0 saturated heterocycles. The summed E-state index contributed by atoms with van der Waals surface area (Å²) in [5, 5.41) is -5.15. The molecule has 0 unspecified atom stereocenters. The predicted molar refractivity (Wildman–Crippen MR) is 61.0 cm³/mol. The second-order valence-electron chi connectivity index (χ2n) is 4.55. The molecule has 0 aliphatic carbocycles. The van der Waals surface area contributed by atoms with Gasteiger partial charge in [-0.2, -0.15) is 22.0 Å². The second-order valence-corrected chi connectivity index (χ2v) is 6.05. The van der Waals surface area contributed by atoms with E-state index in [4.69, 9.17) is 0 Å². The van der Waals surface area contributed by atoms with Crippen LogP contribution in [0.1, 0.15) is 13.8 Å². The van der Waals surface area contributed by atoms with Crippen molar-refractivity contribution in [3.05, 3.63) is 12.4 Å². The van der Waals surface area contributed by atoms with Crippen molar-refractivity contribution < 1.29 is 54.0 Å². The zero-order valence-electron chi connectivity index (χ0n) is 11.6. The lowest BCUT2D eigenvalue weighted by atomic mass is 10.0. The van der Waals surface area contributed by atoms with Crippen molar-refractivity contribution in [2.24, 2.45) is 0 Å². The zero-order valence-corrected chi connectivity index (χ0v) is 12.4. The molecule has 7 nitrogen and oxygen atoms in total. The Bertz CT molecular complexity index is 611. The first-order chi connectivity index (χ1) is 9.96. The van der Waals surface area contributed by atoms with E-state index in [0.717, 1.165) is 0 Å². The average molecular weight is 369 g/mol. The Morgan fingerprint density at radius 2 is 1.61 bits per heavy atom. The van der Waals surface area contributed by atoms with Crippen LogP contribution in [0.2, 0.25) is 0 Å². The van der Waals surface area contributed by atoms with Crippen LogP contribution in [-0.4, -0.2) is 48.3 Å². The number of carbonyl (C=O) groups is 2. The molecule has 0 atom stereocenters. The minimum atomic E-state index is -6.26. The Morgan fingerprint density at radius 1 is 1.17 bits per heavy atom. The lowest BCUT2D eigenvalue weighted by molar-refractivity contribution is -0.219. The zero-order chi connectivity index (χ0) is 18.9. The highest BCUT2D eigenvalue weighted by molar-refractivity contribution is 7.86. The number of carbonyl (C=O) groups excluding carboxylic acids is 2. The Kier molecular flexibility index (Phi) is 5.90. The minimum Gasteiger partial charge on any atom is -0.743 e. The monoisotopic (exact) mass is 369 g/mol. The predicted octanol–water partition coefficient (Wildman–Crippen LogP) is 1.11. The van der Waals surface area contributed by atoms with Crippen molar-refractivity contribution in [3.8, 4) is 0 Å². The molecule has 0 radical (unpaired) electrons. The molecule has 0 bridgehead atoms. The van der Waals surface area contributed by atoms with Gasteiger partial charge in [-0.15, -0.1) is 0 Å². The number of alkyl halides is 4. The quantitative estimate of drug-likeness (QED) is 0.286. The summed E-state index contributed by atoms with van der Waals surface area (Å²) in [5.74, 6) is -11.2. The van der Waals surface area contributed by atoms with Gasteiger partial charge in [-0.25, -0.2) is 18.0 Å². The van der Waals surface area contributed by atoms with Crippen molar-refractivity contribution in [1.82, 2.24) is 0 Å². The van der Waals surface area contributed by atoms with Gasteiger partial charge in [0.2, 0.25) is 5.83 Å². The molecule has 0 aromatic rings. The van der Waals surface area contributed by atoms with Crippen molar-refractivity contribution >= 4 is 22.1 Å². The fraction of sp³-hybridized carbons (Fsp3) is 0.600. The van der Waals surface area contributed by atoms with Gasteiger partial charge in [0, 0.05) is 0 Å². The molecular weight excluding hydrogens is 359 g/mol. The molecule has 0 saturated carbocycles. The van der Waals surface area contributed by atoms with Crippen molar-refractivity contribution in [2.75, 3.05) is 6.61 Å². The topological polar surface area (TPSA) is 110 Å². The third-order valence-corrected chi connectivity index (χ3v) is 3.17. The number of ether oxygens (including phenoxy) is 2. The summed E-state index contributed by atoms with van der Waals surface area (Å²) in [6, 6.07) is 0. The lowest BCUT2D eigenvalue weighted by Crippen LogP contribution is -2.53. The molecule has 0 rings (SSSR count). The highest BCUT2D eigenvalue weighted by Gasteiger charge is 2.58. The SMILES string of the molecule is C=C(F)C(=O)OC(C)(C)C(F)(F)C(=O)OCC(F)(F)S(=O)(=O)[O-]. The average Bonchev–Trinajstić information content (AvgIpc) is 2.33. The molecule has 134 valence electrons. The van der Waals surface area contributed by atoms with Crippen molar-refractivity contribution in [2.45, 2.75) is 30.6 Å². The van der Waals surface area contributed by atoms with Crippen molar-refractivity contribution in [3.63, 3.8) is 0 Å². The highest BCUT2D eigenvalue weighted by atomic mass is 32.2. The van der Waals surface area contributed by atoms with Gasteiger partial charge in [0.25, 0.3) is 0 Å². The van der Waals surface area contributed by atoms with Gasteiger partial charge in [0.1, 0.15) is 0 Å². The minimum absolute atomic E-state index is 0.428. The summed E-state index contributed by atoms with van der Waals surface area (Å²) in [6.07, 6.45) is 0. The molecule has 0 N–H and O–H groups in total. The highest BCUT2D eigenvalue weighted by Crippen LogP contribution is 2.34. The van der Waals surface area contributed by atoms with Gasteiger partial charge in [-0.05, 0) is 13.8 Å². The van der Waals surface area contributed by atoms with E-state index in [9.17, 15) is 44.5 Å². The van der Waals surface area contributed by atoms with Crippen LogP contribution in [0, 0.1) is 0 Å². The molecule has 0 heterocycles. The molecule has 0 aromatic carbocycles. The van der Waals surface area contributed by atoms with Crippen LogP contribution < -0.4 is 0 Å². The molecule has 0 aliphatic heterocycles. The Hall–Kier alpha value is -1.76. The van der Waals surface area contributed by atoms with Crippen LogP contribution >= 0.6 is 0 Å². The molecule has 23 heavy (non-hydrogen) atoms. The summed E-state index contributed by atoms with van der Waals surface area (Å²) in [5.41, 5.74) is -3.05. The first-order valence-corrected chi connectivity index (χ1v) is 6.82. The van der Waals surface area contributed by atoms with E-state index in [1.807, 2.05) is 0 Å². The van der Waals surface area contributed by atoms with E-state index in [1.54, 1.807) is 0 Å². The largest absolute Gasteiger partial charge is 0.743 e. The van der Waals surface area contributed by atoms with E-state index in [0.29, 0.717) is 13.8 Å². The van der Waals surface area contributed by atoms with Gasteiger partial charge in [-0.3, -0.25) is 0 Å².